The van der Waals surface area contributed by atoms with E-state index < -0.39 is 11.8 Å². The number of methoxy groups -OCH3 is 2. The summed E-state index contributed by atoms with van der Waals surface area (Å²) in [4.78, 5) is 34.2. The summed E-state index contributed by atoms with van der Waals surface area (Å²) in [5.74, 6) is -0.924. The van der Waals surface area contributed by atoms with Crippen molar-refractivity contribution < 1.29 is 29.3 Å². The number of aromatic amines is 3. The lowest BCUT2D eigenvalue weighted by atomic mass is 10.1. The smallest absolute Gasteiger partial charge is 0.312 e. The van der Waals surface area contributed by atoms with Gasteiger partial charge in [-0.15, -0.1) is 20.5 Å². The van der Waals surface area contributed by atoms with E-state index >= 15 is 0 Å². The molecule has 0 saturated carbocycles. The molecule has 39 heavy (non-hydrogen) atoms. The van der Waals surface area contributed by atoms with Crippen molar-refractivity contribution in [2.45, 2.75) is 13.8 Å². The fraction of sp³-hybridized carbons (Fsp3) is 0.154. The van der Waals surface area contributed by atoms with Crippen LogP contribution in [0.5, 0.6) is 23.3 Å². The molecule has 0 spiro atoms. The molecule has 0 aliphatic carbocycles. The van der Waals surface area contributed by atoms with Gasteiger partial charge in [0.2, 0.25) is 11.8 Å². The lowest BCUT2D eigenvalue weighted by Gasteiger charge is -1.99. The van der Waals surface area contributed by atoms with E-state index in [1.807, 2.05) is 0 Å². The number of hydrogen-bond acceptors (Lipinski definition) is 8. The Labute approximate surface area is 220 Å². The first-order valence-electron chi connectivity index (χ1n) is 11.6. The van der Waals surface area contributed by atoms with Gasteiger partial charge in [0.15, 0.2) is 11.4 Å². The predicted octanol–water partition coefficient (Wildman–Crippen LogP) is 5.87. The minimum atomic E-state index is -0.760. The van der Waals surface area contributed by atoms with Gasteiger partial charge in [-0.05, 0) is 55.8 Å². The molecule has 0 fully saturated rings. The summed E-state index contributed by atoms with van der Waals surface area (Å²) >= 11 is 0. The summed E-state index contributed by atoms with van der Waals surface area (Å²) < 4.78 is 10.4. The van der Waals surface area contributed by atoms with E-state index in [1.54, 1.807) is 50.2 Å². The number of amides is 2. The van der Waals surface area contributed by atoms with Crippen LogP contribution in [-0.4, -0.2) is 51.2 Å². The molecule has 2 amide bonds. The van der Waals surface area contributed by atoms with Crippen LogP contribution in [0.1, 0.15) is 32.1 Å². The Morgan fingerprint density at radius 1 is 0.744 bits per heavy atom. The lowest BCUT2D eigenvalue weighted by Crippen LogP contribution is -2.00. The number of carbonyl (C=O) groups is 2. The minimum Gasteiger partial charge on any atom is -0.497 e. The number of benzene rings is 2. The van der Waals surface area contributed by atoms with Gasteiger partial charge in [-0.2, -0.15) is 0 Å². The molecule has 0 radical (unpaired) electrons. The molecule has 13 nitrogen and oxygen atoms in total. The molecule has 0 aliphatic rings. The van der Waals surface area contributed by atoms with Gasteiger partial charge in [0.25, 0.3) is 5.91 Å². The first-order chi connectivity index (χ1) is 18.7. The second-order valence-corrected chi connectivity index (χ2v) is 8.60. The highest BCUT2D eigenvalue weighted by Crippen LogP contribution is 2.38. The Kier molecular flexibility index (Phi) is 6.32. The van der Waals surface area contributed by atoms with Crippen LogP contribution in [0, 0.1) is 13.8 Å². The molecular formula is C26H23N7O6. The number of carbonyl (C=O) groups excluding carboxylic acids is 2. The van der Waals surface area contributed by atoms with Crippen molar-refractivity contribution >= 4 is 45.0 Å². The number of azo groups is 2. The van der Waals surface area contributed by atoms with Crippen molar-refractivity contribution in [2.75, 3.05) is 14.2 Å². The Morgan fingerprint density at radius 2 is 1.23 bits per heavy atom. The van der Waals surface area contributed by atoms with Crippen molar-refractivity contribution in [3.05, 3.63) is 58.9 Å². The van der Waals surface area contributed by atoms with Gasteiger partial charge in [0.1, 0.15) is 17.2 Å². The van der Waals surface area contributed by atoms with E-state index in [2.05, 4.69) is 35.4 Å². The highest BCUT2D eigenvalue weighted by atomic mass is 16.5. The average molecular weight is 530 g/mol. The van der Waals surface area contributed by atoms with Gasteiger partial charge >= 0.3 is 5.91 Å². The number of H-pyrrole nitrogens is 3. The third-order valence-corrected chi connectivity index (χ3v) is 6.27. The van der Waals surface area contributed by atoms with Gasteiger partial charge in [-0.3, -0.25) is 9.59 Å². The van der Waals surface area contributed by atoms with Crippen LogP contribution >= 0.6 is 0 Å². The van der Waals surface area contributed by atoms with Crippen molar-refractivity contribution in [1.29, 1.82) is 0 Å². The number of aromatic hydroxyl groups is 2. The number of nitrogens with one attached hydrogen (secondary N) is 3. The van der Waals surface area contributed by atoms with Crippen LogP contribution in [0.2, 0.25) is 0 Å². The first-order valence-corrected chi connectivity index (χ1v) is 11.6. The van der Waals surface area contributed by atoms with Crippen LogP contribution in [0.15, 0.2) is 56.9 Å². The Morgan fingerprint density at radius 3 is 1.72 bits per heavy atom. The Bertz CT molecular complexity index is 1830. The maximum absolute atomic E-state index is 13.0. The van der Waals surface area contributed by atoms with E-state index in [0.29, 0.717) is 44.6 Å². The topological polar surface area (TPSA) is 190 Å². The summed E-state index contributed by atoms with van der Waals surface area (Å²) in [6.07, 6.45) is 0. The summed E-state index contributed by atoms with van der Waals surface area (Å²) in [6, 6.07) is 10.1. The second kappa shape index (κ2) is 9.78. The number of hydrogen-bond donors (Lipinski definition) is 5. The van der Waals surface area contributed by atoms with Crippen molar-refractivity contribution in [1.82, 2.24) is 15.0 Å². The van der Waals surface area contributed by atoms with Crippen LogP contribution in [-0.2, 0) is 0 Å². The fourth-order valence-corrected chi connectivity index (χ4v) is 4.32. The van der Waals surface area contributed by atoms with Gasteiger partial charge < -0.3 is 34.6 Å². The van der Waals surface area contributed by atoms with Crippen molar-refractivity contribution in [2.24, 2.45) is 20.5 Å². The molecular weight excluding hydrogens is 506 g/mol. The number of nitrogens with zero attached hydrogens (tertiary/aromatic N) is 4. The quantitative estimate of drug-likeness (QED) is 0.171. The van der Waals surface area contributed by atoms with Crippen molar-refractivity contribution in [3.63, 3.8) is 0 Å². The normalized spacial score (nSPS) is 11.8. The molecule has 0 atom stereocenters. The Hall–Kier alpha value is -5.46. The number of aromatic nitrogens is 3. The number of ether oxygens (including phenoxy) is 2. The zero-order valence-corrected chi connectivity index (χ0v) is 21.3. The van der Waals surface area contributed by atoms with Crippen LogP contribution in [0.4, 0.5) is 11.4 Å². The average Bonchev–Trinajstić information content (AvgIpc) is 3.53. The summed E-state index contributed by atoms with van der Waals surface area (Å²) in [5.41, 5.74) is 2.15. The largest absolute Gasteiger partial charge is 0.497 e. The standard InChI is InChI=1S/C26H23N7O6/c1-11-19(23(34)32-30-21-15-9-13(38-3)5-7-17(15)28-24(21)35)12(2)27-20(11)26(37)33-31-22-16-10-14(39-4)6-8-18(16)29-25(22)36/h5-10,27-29,35-36H,1-4H3. The molecule has 198 valence electrons. The van der Waals surface area contributed by atoms with Crippen LogP contribution < -0.4 is 9.47 Å². The SMILES string of the molecule is COc1ccc2[nH]c(O)c(N=NC(=O)c3[nH]c(C)c(C(=O)N=Nc4c(O)[nH]c5ccc(OC)cc45)c3C)c2c1. The van der Waals surface area contributed by atoms with E-state index in [1.165, 1.54) is 14.2 Å². The fourth-order valence-electron chi connectivity index (χ4n) is 4.32. The molecule has 5 N–H and O–H groups in total. The highest BCUT2D eigenvalue weighted by molar-refractivity contribution is 6.04. The Balaban J connectivity index is 1.42. The van der Waals surface area contributed by atoms with E-state index in [9.17, 15) is 19.8 Å². The molecule has 5 rings (SSSR count). The number of aryl methyl sites for hydroxylation is 1. The van der Waals surface area contributed by atoms with Gasteiger partial charge in [0.05, 0.1) is 30.8 Å². The maximum atomic E-state index is 13.0. The van der Waals surface area contributed by atoms with Gasteiger partial charge in [-0.1, -0.05) is 0 Å². The molecule has 0 unspecified atom stereocenters. The molecule has 0 aliphatic heterocycles. The summed E-state index contributed by atoms with van der Waals surface area (Å²) in [6.45, 7) is 3.17. The molecule has 0 bridgehead atoms. The number of rotatable bonds is 6. The van der Waals surface area contributed by atoms with Crippen LogP contribution in [0.25, 0.3) is 21.8 Å². The molecule has 3 aromatic heterocycles. The zero-order valence-electron chi connectivity index (χ0n) is 21.3. The summed E-state index contributed by atoms with van der Waals surface area (Å²) in [7, 11) is 3.02. The summed E-state index contributed by atoms with van der Waals surface area (Å²) in [5, 5.41) is 37.0. The van der Waals surface area contributed by atoms with Crippen molar-refractivity contribution in [3.8, 4) is 23.3 Å². The molecule has 5 aromatic rings. The van der Waals surface area contributed by atoms with Gasteiger partial charge in [0, 0.05) is 16.5 Å². The van der Waals surface area contributed by atoms with E-state index in [4.69, 9.17) is 9.47 Å². The molecule has 3 heterocycles. The third kappa shape index (κ3) is 4.45. The van der Waals surface area contributed by atoms with E-state index in [-0.39, 0.29) is 34.4 Å². The minimum absolute atomic E-state index is 0.0337. The second-order valence-electron chi connectivity index (χ2n) is 8.60. The predicted molar refractivity (Wildman–Crippen MR) is 141 cm³/mol. The number of fused-ring (bicyclic) bond motifs is 2. The molecule has 13 heteroatoms. The monoisotopic (exact) mass is 529 g/mol. The molecule has 2 aromatic carbocycles. The van der Waals surface area contributed by atoms with Crippen LogP contribution in [0.3, 0.4) is 0 Å². The lowest BCUT2D eigenvalue weighted by molar-refractivity contribution is 0.0988. The van der Waals surface area contributed by atoms with Gasteiger partial charge in [-0.25, -0.2) is 0 Å². The third-order valence-electron chi connectivity index (χ3n) is 6.27. The molecule has 0 saturated heterocycles. The first kappa shape index (κ1) is 25.2. The highest BCUT2D eigenvalue weighted by Gasteiger charge is 2.23. The maximum Gasteiger partial charge on any atom is 0.312 e. The zero-order chi connectivity index (χ0) is 27.8. The van der Waals surface area contributed by atoms with E-state index in [0.717, 1.165) is 0 Å².